The van der Waals surface area contributed by atoms with Crippen LogP contribution in [-0.2, 0) is 9.47 Å². The van der Waals surface area contributed by atoms with Crippen molar-refractivity contribution in [2.75, 3.05) is 46.4 Å². The van der Waals surface area contributed by atoms with Crippen molar-refractivity contribution in [3.63, 3.8) is 0 Å². The van der Waals surface area contributed by atoms with E-state index in [1.165, 1.54) is 0 Å². The summed E-state index contributed by atoms with van der Waals surface area (Å²) in [6, 6.07) is 21.9. The fourth-order valence-corrected chi connectivity index (χ4v) is 3.00. The van der Waals surface area contributed by atoms with Crippen LogP contribution in [0, 0.1) is 0 Å². The van der Waals surface area contributed by atoms with Gasteiger partial charge in [0.05, 0.1) is 13.2 Å². The molecule has 0 atom stereocenters. The summed E-state index contributed by atoms with van der Waals surface area (Å²) in [5, 5.41) is 0. The highest BCUT2D eigenvalue weighted by Crippen LogP contribution is 2.41. The normalized spacial score (nSPS) is 10.7. The molecule has 5 nitrogen and oxygen atoms in total. The van der Waals surface area contributed by atoms with Crippen LogP contribution in [0.4, 0.5) is 5.69 Å². The minimum absolute atomic E-state index is 0.455. The first kappa shape index (κ1) is 20.7. The van der Waals surface area contributed by atoms with Crippen LogP contribution in [0.5, 0.6) is 11.5 Å². The molecule has 3 rings (SSSR count). The Labute approximate surface area is 172 Å². The monoisotopic (exact) mass is 393 g/mol. The third kappa shape index (κ3) is 5.50. The van der Waals surface area contributed by atoms with Crippen LogP contribution in [0.2, 0.25) is 0 Å². The standard InChI is InChI=1S/C24H27NO4/c1-26-12-14-28-23-17-22(19-8-10-20(25)11-9-19)24(29-15-13-27-2)16-21(23)18-6-4-3-5-7-18/h3-11,16-17H,12-15,25H2,1-2H3. The van der Waals surface area contributed by atoms with Crippen LogP contribution in [0.3, 0.4) is 0 Å². The molecule has 0 aliphatic rings. The van der Waals surface area contributed by atoms with E-state index in [9.17, 15) is 0 Å². The summed E-state index contributed by atoms with van der Waals surface area (Å²) >= 11 is 0. The van der Waals surface area contributed by atoms with Gasteiger partial charge in [-0.1, -0.05) is 42.5 Å². The molecule has 29 heavy (non-hydrogen) atoms. The summed E-state index contributed by atoms with van der Waals surface area (Å²) in [6.07, 6.45) is 0. The maximum Gasteiger partial charge on any atom is 0.128 e. The number of nitrogen functional groups attached to an aromatic ring is 1. The molecule has 2 N–H and O–H groups in total. The van der Waals surface area contributed by atoms with Gasteiger partial charge in [-0.25, -0.2) is 0 Å². The Morgan fingerprint density at radius 1 is 0.621 bits per heavy atom. The van der Waals surface area contributed by atoms with Crippen molar-refractivity contribution in [3.05, 3.63) is 66.7 Å². The molecule has 152 valence electrons. The van der Waals surface area contributed by atoms with Gasteiger partial charge in [0.2, 0.25) is 0 Å². The molecule has 0 heterocycles. The second kappa shape index (κ2) is 10.5. The molecule has 0 saturated heterocycles. The molecule has 5 heteroatoms. The average molecular weight is 393 g/mol. The molecule has 0 spiro atoms. The number of anilines is 1. The van der Waals surface area contributed by atoms with Gasteiger partial charge >= 0.3 is 0 Å². The van der Waals surface area contributed by atoms with Crippen molar-refractivity contribution >= 4 is 5.69 Å². The van der Waals surface area contributed by atoms with Crippen LogP contribution in [0.15, 0.2) is 66.7 Å². The van der Waals surface area contributed by atoms with Gasteiger partial charge < -0.3 is 24.7 Å². The van der Waals surface area contributed by atoms with Crippen molar-refractivity contribution in [2.24, 2.45) is 0 Å². The lowest BCUT2D eigenvalue weighted by molar-refractivity contribution is 0.145. The molecule has 0 unspecified atom stereocenters. The quantitative estimate of drug-likeness (QED) is 0.401. The Kier molecular flexibility index (Phi) is 7.50. The van der Waals surface area contributed by atoms with Crippen molar-refractivity contribution in [1.29, 1.82) is 0 Å². The molecule has 0 saturated carbocycles. The van der Waals surface area contributed by atoms with Crippen LogP contribution >= 0.6 is 0 Å². The minimum atomic E-state index is 0.455. The predicted octanol–water partition coefficient (Wildman–Crippen LogP) is 4.65. The smallest absolute Gasteiger partial charge is 0.128 e. The summed E-state index contributed by atoms with van der Waals surface area (Å²) in [5.41, 5.74) is 10.5. The molecule has 0 aromatic heterocycles. The summed E-state index contributed by atoms with van der Waals surface area (Å²) in [5.74, 6) is 1.55. The summed E-state index contributed by atoms with van der Waals surface area (Å²) in [7, 11) is 3.32. The molecule has 0 amide bonds. The van der Waals surface area contributed by atoms with Gasteiger partial charge in [-0.3, -0.25) is 0 Å². The van der Waals surface area contributed by atoms with E-state index in [2.05, 4.69) is 12.1 Å². The van der Waals surface area contributed by atoms with Gasteiger partial charge in [0, 0.05) is 31.0 Å². The topological polar surface area (TPSA) is 62.9 Å². The second-order valence-corrected chi connectivity index (χ2v) is 6.52. The van der Waals surface area contributed by atoms with E-state index in [0.717, 1.165) is 33.8 Å². The minimum Gasteiger partial charge on any atom is -0.491 e. The Bertz CT molecular complexity index is 895. The highest BCUT2D eigenvalue weighted by atomic mass is 16.5. The van der Waals surface area contributed by atoms with E-state index >= 15 is 0 Å². The van der Waals surface area contributed by atoms with Crippen molar-refractivity contribution < 1.29 is 18.9 Å². The van der Waals surface area contributed by atoms with E-state index in [-0.39, 0.29) is 0 Å². The molecule has 0 aliphatic heterocycles. The predicted molar refractivity (Wildman–Crippen MR) is 116 cm³/mol. The molecule has 0 aliphatic carbocycles. The maximum absolute atomic E-state index is 6.07. The lowest BCUT2D eigenvalue weighted by Gasteiger charge is -2.18. The number of ether oxygens (including phenoxy) is 4. The first-order chi connectivity index (χ1) is 14.2. The molecule has 0 radical (unpaired) electrons. The van der Waals surface area contributed by atoms with E-state index in [4.69, 9.17) is 24.7 Å². The number of hydrogen-bond donors (Lipinski definition) is 1. The number of rotatable bonds is 10. The first-order valence-corrected chi connectivity index (χ1v) is 9.55. The lowest BCUT2D eigenvalue weighted by atomic mass is 9.97. The zero-order valence-corrected chi connectivity index (χ0v) is 16.9. The molecular formula is C24H27NO4. The number of hydrogen-bond acceptors (Lipinski definition) is 5. The highest BCUT2D eigenvalue weighted by Gasteiger charge is 2.15. The van der Waals surface area contributed by atoms with Gasteiger partial charge in [0.25, 0.3) is 0 Å². The zero-order chi connectivity index (χ0) is 20.5. The lowest BCUT2D eigenvalue weighted by Crippen LogP contribution is -2.07. The Morgan fingerprint density at radius 3 is 1.59 bits per heavy atom. The third-order valence-corrected chi connectivity index (χ3v) is 4.48. The van der Waals surface area contributed by atoms with E-state index in [1.54, 1.807) is 14.2 Å². The summed E-state index contributed by atoms with van der Waals surface area (Å²) < 4.78 is 22.4. The second-order valence-electron chi connectivity index (χ2n) is 6.52. The van der Waals surface area contributed by atoms with Gasteiger partial charge in [-0.05, 0) is 35.4 Å². The van der Waals surface area contributed by atoms with E-state index < -0.39 is 0 Å². The number of benzene rings is 3. The Hall–Kier alpha value is -3.02. The summed E-state index contributed by atoms with van der Waals surface area (Å²) in [4.78, 5) is 0. The van der Waals surface area contributed by atoms with E-state index in [1.807, 2.05) is 54.6 Å². The maximum atomic E-state index is 6.07. The highest BCUT2D eigenvalue weighted by molar-refractivity contribution is 5.81. The third-order valence-electron chi connectivity index (χ3n) is 4.48. The number of nitrogens with two attached hydrogens (primary N) is 1. The fraction of sp³-hybridized carbons (Fsp3) is 0.250. The fourth-order valence-electron chi connectivity index (χ4n) is 3.00. The van der Waals surface area contributed by atoms with Crippen LogP contribution in [0.1, 0.15) is 0 Å². The van der Waals surface area contributed by atoms with E-state index in [0.29, 0.717) is 32.1 Å². The van der Waals surface area contributed by atoms with Crippen LogP contribution in [0.25, 0.3) is 22.3 Å². The van der Waals surface area contributed by atoms with Gasteiger partial charge in [-0.15, -0.1) is 0 Å². The van der Waals surface area contributed by atoms with Crippen LogP contribution < -0.4 is 15.2 Å². The zero-order valence-electron chi connectivity index (χ0n) is 16.9. The molecule has 0 bridgehead atoms. The Morgan fingerprint density at radius 2 is 1.10 bits per heavy atom. The SMILES string of the molecule is COCCOc1cc(-c2ccc(N)cc2)c(OCCOC)cc1-c1ccccc1. The summed E-state index contributed by atoms with van der Waals surface area (Å²) in [6.45, 7) is 1.93. The Balaban J connectivity index is 2.09. The van der Waals surface area contributed by atoms with Gasteiger partial charge in [0.15, 0.2) is 0 Å². The van der Waals surface area contributed by atoms with Gasteiger partial charge in [0.1, 0.15) is 24.7 Å². The van der Waals surface area contributed by atoms with Crippen LogP contribution in [-0.4, -0.2) is 40.6 Å². The molecule has 0 fully saturated rings. The van der Waals surface area contributed by atoms with Crippen molar-refractivity contribution in [2.45, 2.75) is 0 Å². The van der Waals surface area contributed by atoms with Gasteiger partial charge in [-0.2, -0.15) is 0 Å². The molecule has 3 aromatic carbocycles. The molecular weight excluding hydrogens is 366 g/mol. The van der Waals surface area contributed by atoms with Crippen molar-refractivity contribution in [3.8, 4) is 33.8 Å². The number of methoxy groups -OCH3 is 2. The molecule has 3 aromatic rings. The average Bonchev–Trinajstić information content (AvgIpc) is 2.76. The van der Waals surface area contributed by atoms with Crippen molar-refractivity contribution in [1.82, 2.24) is 0 Å². The first-order valence-electron chi connectivity index (χ1n) is 9.55. The largest absolute Gasteiger partial charge is 0.491 e.